The second kappa shape index (κ2) is 4.80. The van der Waals surface area contributed by atoms with Gasteiger partial charge in [-0.2, -0.15) is 0 Å². The lowest BCUT2D eigenvalue weighted by atomic mass is 10.0. The van der Waals surface area contributed by atoms with Gasteiger partial charge in [0.1, 0.15) is 0 Å². The van der Waals surface area contributed by atoms with Gasteiger partial charge in [-0.25, -0.2) is 4.79 Å². The first-order valence-electron chi connectivity index (χ1n) is 5.63. The van der Waals surface area contributed by atoms with Gasteiger partial charge in [0.2, 0.25) is 5.91 Å². The fourth-order valence-electron chi connectivity index (χ4n) is 2.51. The minimum atomic E-state index is -0.439. The summed E-state index contributed by atoms with van der Waals surface area (Å²) >= 11 is 0. The summed E-state index contributed by atoms with van der Waals surface area (Å²) in [6, 6.07) is -0.439. The summed E-state index contributed by atoms with van der Waals surface area (Å²) in [5, 5.41) is 7.99. The molecule has 0 radical (unpaired) electrons. The fraction of sp³-hybridized carbons (Fsp3) is 0.800. The van der Waals surface area contributed by atoms with Crippen molar-refractivity contribution < 1.29 is 9.59 Å². The van der Waals surface area contributed by atoms with Gasteiger partial charge >= 0.3 is 6.03 Å². The Morgan fingerprint density at radius 1 is 1.31 bits per heavy atom. The third-order valence-electron chi connectivity index (χ3n) is 3.31. The molecule has 2 rings (SSSR count). The minimum Gasteiger partial charge on any atom is -0.341 e. The van der Waals surface area contributed by atoms with Crippen molar-refractivity contribution in [3.63, 3.8) is 0 Å². The molecule has 0 saturated carbocycles. The third-order valence-corrected chi connectivity index (χ3v) is 3.31. The van der Waals surface area contributed by atoms with Gasteiger partial charge in [0, 0.05) is 20.1 Å². The Bertz CT molecular complexity index is 283. The van der Waals surface area contributed by atoms with Crippen molar-refractivity contribution in [2.75, 3.05) is 39.8 Å². The Kier molecular flexibility index (Phi) is 3.40. The van der Waals surface area contributed by atoms with Crippen LogP contribution in [0.3, 0.4) is 0 Å². The third kappa shape index (κ3) is 2.51. The van der Waals surface area contributed by atoms with E-state index >= 15 is 0 Å². The lowest BCUT2D eigenvalue weighted by Gasteiger charge is -2.15. The largest absolute Gasteiger partial charge is 0.341 e. The SMILES string of the molecule is CNC(=O)NC(=O)CN1C[C@H]2CNC[C@H]2C1. The van der Waals surface area contributed by atoms with Crippen LogP contribution in [0.4, 0.5) is 4.79 Å². The number of imide groups is 1. The summed E-state index contributed by atoms with van der Waals surface area (Å²) < 4.78 is 0. The number of urea groups is 1. The van der Waals surface area contributed by atoms with E-state index in [4.69, 9.17) is 0 Å². The number of amides is 3. The number of carbonyl (C=O) groups excluding carboxylic acids is 2. The highest BCUT2D eigenvalue weighted by Crippen LogP contribution is 2.25. The van der Waals surface area contributed by atoms with E-state index in [0.29, 0.717) is 18.4 Å². The predicted molar refractivity (Wildman–Crippen MR) is 58.9 cm³/mol. The van der Waals surface area contributed by atoms with Crippen LogP contribution in [0.25, 0.3) is 0 Å². The minimum absolute atomic E-state index is 0.229. The smallest absolute Gasteiger partial charge is 0.321 e. The second-order valence-corrected chi connectivity index (χ2v) is 4.50. The zero-order valence-electron chi connectivity index (χ0n) is 9.45. The van der Waals surface area contributed by atoms with Gasteiger partial charge in [-0.15, -0.1) is 0 Å². The normalized spacial score (nSPS) is 28.8. The van der Waals surface area contributed by atoms with Crippen LogP contribution in [0.1, 0.15) is 0 Å². The number of nitrogens with one attached hydrogen (secondary N) is 3. The first-order chi connectivity index (χ1) is 7.69. The van der Waals surface area contributed by atoms with Crippen LogP contribution in [0.5, 0.6) is 0 Å². The lowest BCUT2D eigenvalue weighted by molar-refractivity contribution is -0.121. The van der Waals surface area contributed by atoms with Gasteiger partial charge in [-0.3, -0.25) is 15.0 Å². The van der Waals surface area contributed by atoms with Crippen molar-refractivity contribution in [2.45, 2.75) is 0 Å². The summed E-state index contributed by atoms with van der Waals surface area (Å²) in [5.74, 6) is 1.12. The Morgan fingerprint density at radius 3 is 2.50 bits per heavy atom. The number of nitrogens with zero attached hydrogens (tertiary/aromatic N) is 1. The van der Waals surface area contributed by atoms with Gasteiger partial charge in [-0.1, -0.05) is 0 Å². The summed E-state index contributed by atoms with van der Waals surface area (Å²) in [6.45, 7) is 4.34. The van der Waals surface area contributed by atoms with Gasteiger partial charge < -0.3 is 10.6 Å². The van der Waals surface area contributed by atoms with E-state index in [2.05, 4.69) is 20.9 Å². The van der Waals surface area contributed by atoms with Crippen molar-refractivity contribution in [2.24, 2.45) is 11.8 Å². The van der Waals surface area contributed by atoms with Crippen molar-refractivity contribution >= 4 is 11.9 Å². The number of hydrogen-bond acceptors (Lipinski definition) is 4. The van der Waals surface area contributed by atoms with Gasteiger partial charge in [0.05, 0.1) is 6.54 Å². The standard InChI is InChI=1S/C10H18N4O2/c1-11-10(16)13-9(15)6-14-4-7-2-12-3-8(7)5-14/h7-8,12H,2-6H2,1H3,(H2,11,13,15,16)/t7-,8+. The molecule has 6 heteroatoms. The summed E-state index contributed by atoms with van der Waals surface area (Å²) in [6.07, 6.45) is 0. The van der Waals surface area contributed by atoms with E-state index in [0.717, 1.165) is 26.2 Å². The molecule has 2 aliphatic rings. The van der Waals surface area contributed by atoms with Crippen LogP contribution >= 0.6 is 0 Å². The molecule has 0 spiro atoms. The zero-order valence-corrected chi connectivity index (χ0v) is 9.45. The topological polar surface area (TPSA) is 73.5 Å². The summed E-state index contributed by atoms with van der Waals surface area (Å²) in [7, 11) is 1.49. The van der Waals surface area contributed by atoms with Crippen LogP contribution in [0.15, 0.2) is 0 Å². The van der Waals surface area contributed by atoms with E-state index in [1.807, 2.05) is 0 Å². The molecule has 3 amide bonds. The maximum absolute atomic E-state index is 11.5. The highest BCUT2D eigenvalue weighted by atomic mass is 16.2. The molecule has 0 aliphatic carbocycles. The average Bonchev–Trinajstić information content (AvgIpc) is 2.77. The first-order valence-corrected chi connectivity index (χ1v) is 5.63. The average molecular weight is 226 g/mol. The van der Waals surface area contributed by atoms with Crippen molar-refractivity contribution in [1.29, 1.82) is 0 Å². The molecule has 2 saturated heterocycles. The highest BCUT2D eigenvalue weighted by Gasteiger charge is 2.36. The van der Waals surface area contributed by atoms with E-state index in [-0.39, 0.29) is 5.91 Å². The highest BCUT2D eigenvalue weighted by molar-refractivity contribution is 5.95. The molecule has 2 aliphatic heterocycles. The molecule has 6 nitrogen and oxygen atoms in total. The van der Waals surface area contributed by atoms with E-state index in [1.165, 1.54) is 7.05 Å². The molecule has 3 N–H and O–H groups in total. The van der Waals surface area contributed by atoms with Crippen LogP contribution in [0, 0.1) is 11.8 Å². The summed E-state index contributed by atoms with van der Waals surface area (Å²) in [5.41, 5.74) is 0. The number of carbonyl (C=O) groups is 2. The van der Waals surface area contributed by atoms with Crippen molar-refractivity contribution in [3.8, 4) is 0 Å². The summed E-state index contributed by atoms with van der Waals surface area (Å²) in [4.78, 5) is 24.5. The zero-order chi connectivity index (χ0) is 11.5. The monoisotopic (exact) mass is 226 g/mol. The molecule has 0 unspecified atom stereocenters. The van der Waals surface area contributed by atoms with Gasteiger partial charge in [-0.05, 0) is 24.9 Å². The molecular weight excluding hydrogens is 208 g/mol. The van der Waals surface area contributed by atoms with Crippen LogP contribution < -0.4 is 16.0 Å². The molecule has 2 fully saturated rings. The number of fused-ring (bicyclic) bond motifs is 1. The van der Waals surface area contributed by atoms with Crippen molar-refractivity contribution in [1.82, 2.24) is 20.9 Å². The lowest BCUT2D eigenvalue weighted by Crippen LogP contribution is -2.43. The molecular formula is C10H18N4O2. The van der Waals surface area contributed by atoms with Gasteiger partial charge in [0.15, 0.2) is 0 Å². The number of hydrogen-bond donors (Lipinski definition) is 3. The van der Waals surface area contributed by atoms with E-state index < -0.39 is 6.03 Å². The van der Waals surface area contributed by atoms with Crippen LogP contribution in [-0.4, -0.2) is 56.6 Å². The van der Waals surface area contributed by atoms with E-state index in [9.17, 15) is 9.59 Å². The Morgan fingerprint density at radius 2 is 1.94 bits per heavy atom. The van der Waals surface area contributed by atoms with E-state index in [1.54, 1.807) is 0 Å². The quantitative estimate of drug-likeness (QED) is 0.541. The number of likely N-dealkylation sites (tertiary alicyclic amines) is 1. The molecule has 0 bridgehead atoms. The maximum Gasteiger partial charge on any atom is 0.321 e. The fourth-order valence-corrected chi connectivity index (χ4v) is 2.51. The maximum atomic E-state index is 11.5. The molecule has 0 aromatic rings. The van der Waals surface area contributed by atoms with Crippen LogP contribution in [0.2, 0.25) is 0 Å². The molecule has 90 valence electrons. The first kappa shape index (κ1) is 11.3. The molecule has 2 atom stereocenters. The predicted octanol–water partition coefficient (Wildman–Crippen LogP) is -1.41. The Balaban J connectivity index is 1.74. The Labute approximate surface area is 94.7 Å². The molecule has 0 aromatic carbocycles. The second-order valence-electron chi connectivity index (χ2n) is 4.50. The van der Waals surface area contributed by atoms with Crippen molar-refractivity contribution in [3.05, 3.63) is 0 Å². The molecule has 0 aromatic heterocycles. The Hall–Kier alpha value is -1.14. The number of rotatable bonds is 2. The molecule has 16 heavy (non-hydrogen) atoms. The van der Waals surface area contributed by atoms with Crippen LogP contribution in [-0.2, 0) is 4.79 Å². The molecule has 2 heterocycles. The van der Waals surface area contributed by atoms with Gasteiger partial charge in [0.25, 0.3) is 0 Å².